The fraction of sp³-hybridized carbons (Fsp3) is 0.231. The Hall–Kier alpha value is -2.98. The van der Waals surface area contributed by atoms with Crippen molar-refractivity contribution >= 4 is 61.9 Å². The van der Waals surface area contributed by atoms with E-state index in [0.29, 0.717) is 11.4 Å². The summed E-state index contributed by atoms with van der Waals surface area (Å²) >= 11 is -0.376. The number of carboxylic acid groups (broad SMARTS) is 1. The number of nitrogens with zero attached hydrogens (tertiary/aromatic N) is 1. The summed E-state index contributed by atoms with van der Waals surface area (Å²) in [6.07, 6.45) is -0.808. The van der Waals surface area contributed by atoms with Crippen LogP contribution in [-0.4, -0.2) is 56.8 Å². The first kappa shape index (κ1) is 28.6. The molecule has 0 aromatic heterocycles. The zero-order valence-corrected chi connectivity index (χ0v) is 23.9. The van der Waals surface area contributed by atoms with Gasteiger partial charge in [-0.15, -0.1) is 0 Å². The second-order valence-electron chi connectivity index (χ2n) is 8.79. The minimum atomic E-state index is -3.95. The number of alkyl carbamates (subject to hydrolysis) is 1. The number of nitrogens with one attached hydrogen (secondary N) is 1. The van der Waals surface area contributed by atoms with Gasteiger partial charge in [0, 0.05) is 0 Å². The Morgan fingerprint density at radius 2 is 1.54 bits per heavy atom. The number of carboxylic acids is 1. The van der Waals surface area contributed by atoms with Crippen LogP contribution in [0.3, 0.4) is 0 Å². The maximum absolute atomic E-state index is 13.8. The molecule has 0 saturated heterocycles. The van der Waals surface area contributed by atoms with E-state index < -0.39 is 33.7 Å². The van der Waals surface area contributed by atoms with Gasteiger partial charge in [-0.25, -0.2) is 0 Å². The molecule has 0 saturated carbocycles. The first-order valence-corrected chi connectivity index (χ1v) is 16.6. The number of para-hydroxylation sites is 2. The summed E-state index contributed by atoms with van der Waals surface area (Å²) in [7, 11) is -2.63. The van der Waals surface area contributed by atoms with Crippen LogP contribution in [0.4, 0.5) is 16.2 Å². The number of sulfonamides is 1. The molecule has 3 rings (SSSR count). The number of hydrogen-bond donors (Lipinski definition) is 2. The van der Waals surface area contributed by atoms with Gasteiger partial charge in [0.25, 0.3) is 0 Å². The van der Waals surface area contributed by atoms with Crippen molar-refractivity contribution in [3.8, 4) is 0 Å². The molecule has 1 amide bonds. The van der Waals surface area contributed by atoms with E-state index in [1.807, 2.05) is 18.2 Å². The molecule has 0 radical (unpaired) electrons. The van der Waals surface area contributed by atoms with E-state index in [4.69, 9.17) is 4.74 Å². The van der Waals surface area contributed by atoms with Crippen molar-refractivity contribution in [2.75, 3.05) is 10.1 Å². The van der Waals surface area contributed by atoms with Crippen LogP contribution < -0.4 is 14.1 Å². The number of amides is 1. The summed E-state index contributed by atoms with van der Waals surface area (Å²) in [4.78, 5) is 24.0. The van der Waals surface area contributed by atoms with Gasteiger partial charge in [-0.3, -0.25) is 0 Å². The van der Waals surface area contributed by atoms with E-state index in [0.717, 1.165) is 4.46 Å². The first-order valence-electron chi connectivity index (χ1n) is 11.3. The van der Waals surface area contributed by atoms with Gasteiger partial charge in [-0.1, -0.05) is 0 Å². The summed E-state index contributed by atoms with van der Waals surface area (Å²) in [5, 5.41) is 12.0. The van der Waals surface area contributed by atoms with Gasteiger partial charge in [0.05, 0.1) is 0 Å². The number of hydrogen-bond acceptors (Lipinski definition) is 6. The standard InChI is InChI=1S/C26H28N2O6S2Se/c1-26(2,3)34-25(31)27-21(24(29)30)18-35-37-23-17-11-10-16-22(23)28(19-12-6-4-7-13-19)36(32,33)20-14-8-5-9-15-20/h4-17,21H,18H2,1-3H3,(H,27,31)(H,29,30)/t21-/m0/s1. The number of aliphatic carboxylic acids is 1. The molecule has 8 nitrogen and oxygen atoms in total. The summed E-state index contributed by atoms with van der Waals surface area (Å²) in [6.45, 7) is 5.08. The number of anilines is 2. The van der Waals surface area contributed by atoms with E-state index >= 15 is 0 Å². The third-order valence-electron chi connectivity index (χ3n) is 4.73. The van der Waals surface area contributed by atoms with Crippen LogP contribution in [0.2, 0.25) is 0 Å². The van der Waals surface area contributed by atoms with Gasteiger partial charge < -0.3 is 0 Å². The number of carbonyl (C=O) groups excluding carboxylic acids is 1. The molecule has 0 aliphatic carbocycles. The molecule has 0 heterocycles. The fourth-order valence-corrected chi connectivity index (χ4v) is 8.98. The van der Waals surface area contributed by atoms with Crippen LogP contribution in [-0.2, 0) is 19.6 Å². The molecule has 0 aliphatic rings. The van der Waals surface area contributed by atoms with Gasteiger partial charge in [0.15, 0.2) is 0 Å². The molecule has 0 fully saturated rings. The average molecular weight is 608 g/mol. The SMILES string of the molecule is CC(C)(C)OC(=O)N[C@@H](CS[Se]c1ccccc1N(c1ccccc1)S(=O)(=O)c1ccccc1)C(=O)O. The van der Waals surface area contributed by atoms with Gasteiger partial charge in [-0.05, 0) is 0 Å². The second kappa shape index (κ2) is 12.5. The molecule has 1 atom stereocenters. The third kappa shape index (κ3) is 8.00. The van der Waals surface area contributed by atoms with Gasteiger partial charge in [0.1, 0.15) is 0 Å². The molecule has 3 aromatic rings. The summed E-state index contributed by atoms with van der Waals surface area (Å²) in [5.41, 5.74) is 0.209. The van der Waals surface area contributed by atoms with Gasteiger partial charge in [-0.2, -0.15) is 0 Å². The molecule has 37 heavy (non-hydrogen) atoms. The Morgan fingerprint density at radius 3 is 2.14 bits per heavy atom. The monoisotopic (exact) mass is 608 g/mol. The molecule has 0 aliphatic heterocycles. The Morgan fingerprint density at radius 1 is 0.973 bits per heavy atom. The van der Waals surface area contributed by atoms with E-state index in [-0.39, 0.29) is 24.5 Å². The van der Waals surface area contributed by atoms with Crippen LogP contribution in [0.15, 0.2) is 89.8 Å². The normalized spacial score (nSPS) is 12.4. The predicted molar refractivity (Wildman–Crippen MR) is 147 cm³/mol. The van der Waals surface area contributed by atoms with Crippen LogP contribution in [0.25, 0.3) is 0 Å². The predicted octanol–water partition coefficient (Wildman–Crippen LogP) is 4.17. The Labute approximate surface area is 226 Å². The molecule has 11 heteroatoms. The molecular formula is C26H28N2O6S2Se. The maximum atomic E-state index is 13.8. The average Bonchev–Trinajstić information content (AvgIpc) is 2.84. The summed E-state index contributed by atoms with van der Waals surface area (Å²) in [5.74, 6) is -1.10. The van der Waals surface area contributed by atoms with Crippen molar-refractivity contribution in [1.82, 2.24) is 5.32 Å². The number of carbonyl (C=O) groups is 2. The Balaban J connectivity index is 1.87. The zero-order chi connectivity index (χ0) is 27.1. The second-order valence-corrected chi connectivity index (χ2v) is 14.8. The van der Waals surface area contributed by atoms with Crippen molar-refractivity contribution in [2.45, 2.75) is 37.3 Å². The van der Waals surface area contributed by atoms with Crippen molar-refractivity contribution in [3.63, 3.8) is 0 Å². The van der Waals surface area contributed by atoms with Crippen molar-refractivity contribution in [2.24, 2.45) is 0 Å². The zero-order valence-electron chi connectivity index (χ0n) is 20.5. The van der Waals surface area contributed by atoms with Crippen LogP contribution in [0, 0.1) is 0 Å². The number of benzene rings is 3. The van der Waals surface area contributed by atoms with Gasteiger partial charge in [0.2, 0.25) is 0 Å². The van der Waals surface area contributed by atoms with E-state index in [1.54, 1.807) is 87.5 Å². The van der Waals surface area contributed by atoms with Crippen LogP contribution >= 0.6 is 10.2 Å². The van der Waals surface area contributed by atoms with Crippen molar-refractivity contribution in [3.05, 3.63) is 84.9 Å². The molecule has 2 N–H and O–H groups in total. The van der Waals surface area contributed by atoms with Crippen molar-refractivity contribution < 1.29 is 27.9 Å². The molecule has 196 valence electrons. The Bertz CT molecular complexity index is 1320. The van der Waals surface area contributed by atoms with Crippen LogP contribution in [0.1, 0.15) is 20.8 Å². The number of ether oxygens (including phenoxy) is 1. The van der Waals surface area contributed by atoms with Gasteiger partial charge >= 0.3 is 227 Å². The molecule has 0 spiro atoms. The van der Waals surface area contributed by atoms with E-state index in [2.05, 4.69) is 5.32 Å². The molecular weight excluding hydrogens is 579 g/mol. The Kier molecular flexibility index (Phi) is 9.67. The fourth-order valence-electron chi connectivity index (χ4n) is 3.15. The summed E-state index contributed by atoms with van der Waals surface area (Å²) in [6, 6.07) is 23.0. The number of rotatable bonds is 10. The minimum absolute atomic E-state index is 0.0830. The molecule has 3 aromatic carbocycles. The quantitative estimate of drug-likeness (QED) is 0.333. The van der Waals surface area contributed by atoms with Crippen LogP contribution in [0.5, 0.6) is 0 Å². The first-order chi connectivity index (χ1) is 17.5. The summed E-state index contributed by atoms with van der Waals surface area (Å²) < 4.78 is 34.8. The van der Waals surface area contributed by atoms with Crippen molar-refractivity contribution in [1.29, 1.82) is 0 Å². The van der Waals surface area contributed by atoms with E-state index in [9.17, 15) is 23.1 Å². The van der Waals surface area contributed by atoms with E-state index in [1.165, 1.54) is 14.5 Å². The third-order valence-corrected chi connectivity index (χ3v) is 10.7. The topological polar surface area (TPSA) is 113 Å². The molecule has 0 unspecified atom stereocenters. The molecule has 0 bridgehead atoms.